The summed E-state index contributed by atoms with van der Waals surface area (Å²) in [6, 6.07) is 7.69. The summed E-state index contributed by atoms with van der Waals surface area (Å²) >= 11 is 0. The highest BCUT2D eigenvalue weighted by molar-refractivity contribution is 5.94. The van der Waals surface area contributed by atoms with E-state index in [0.29, 0.717) is 5.56 Å². The Hall–Kier alpha value is -2.43. The fourth-order valence-corrected chi connectivity index (χ4v) is 1.80. The van der Waals surface area contributed by atoms with E-state index in [9.17, 15) is 0 Å². The first kappa shape index (κ1) is 13.0. The minimum atomic E-state index is 0.0382. The van der Waals surface area contributed by atoms with Crippen molar-refractivity contribution in [3.8, 4) is 0 Å². The molecule has 2 heterocycles. The summed E-state index contributed by atoms with van der Waals surface area (Å²) in [5, 5.41) is 7.35. The van der Waals surface area contributed by atoms with Crippen molar-refractivity contribution in [1.29, 1.82) is 5.41 Å². The molecule has 0 saturated heterocycles. The number of hydrogen-bond donors (Lipinski definition) is 2. The average molecular weight is 255 g/mol. The van der Waals surface area contributed by atoms with Crippen molar-refractivity contribution >= 4 is 11.7 Å². The van der Waals surface area contributed by atoms with Crippen molar-refractivity contribution in [2.45, 2.75) is 13.5 Å². The van der Waals surface area contributed by atoms with Gasteiger partial charge in [0.15, 0.2) is 0 Å². The highest BCUT2D eigenvalue weighted by Gasteiger charge is 2.07. The number of aromatic nitrogens is 2. The van der Waals surface area contributed by atoms with Crippen LogP contribution < -0.4 is 10.6 Å². The van der Waals surface area contributed by atoms with Crippen LogP contribution in [-0.4, -0.2) is 22.3 Å². The Labute approximate surface area is 112 Å². The molecule has 0 aliphatic rings. The van der Waals surface area contributed by atoms with Gasteiger partial charge in [-0.3, -0.25) is 10.4 Å². The highest BCUT2D eigenvalue weighted by Crippen LogP contribution is 2.14. The molecule has 0 radical (unpaired) electrons. The Morgan fingerprint density at radius 2 is 2.00 bits per heavy atom. The lowest BCUT2D eigenvalue weighted by molar-refractivity contribution is 0.812. The molecule has 3 N–H and O–H groups in total. The van der Waals surface area contributed by atoms with Gasteiger partial charge in [0, 0.05) is 37.2 Å². The summed E-state index contributed by atoms with van der Waals surface area (Å²) in [5.41, 5.74) is 7.25. The van der Waals surface area contributed by atoms with Crippen LogP contribution in [0.4, 0.5) is 5.82 Å². The molecule has 0 unspecified atom stereocenters. The van der Waals surface area contributed by atoms with Crippen molar-refractivity contribution in [2.24, 2.45) is 5.73 Å². The van der Waals surface area contributed by atoms with Gasteiger partial charge in [-0.05, 0) is 36.8 Å². The molecule has 0 bridgehead atoms. The van der Waals surface area contributed by atoms with Gasteiger partial charge in [0.1, 0.15) is 11.7 Å². The first-order chi connectivity index (χ1) is 9.20. The van der Waals surface area contributed by atoms with Crippen LogP contribution in [0, 0.1) is 5.41 Å². The quantitative estimate of drug-likeness (QED) is 0.630. The van der Waals surface area contributed by atoms with Crippen molar-refractivity contribution < 1.29 is 0 Å². The molecule has 0 amide bonds. The number of nitrogen functional groups attached to an aromatic ring is 1. The van der Waals surface area contributed by atoms with E-state index in [-0.39, 0.29) is 5.84 Å². The van der Waals surface area contributed by atoms with Crippen molar-refractivity contribution in [2.75, 3.05) is 11.4 Å². The van der Waals surface area contributed by atoms with E-state index in [1.165, 1.54) is 5.56 Å². The number of nitrogens with two attached hydrogens (primary N) is 1. The zero-order chi connectivity index (χ0) is 13.7. The second kappa shape index (κ2) is 5.95. The molecule has 19 heavy (non-hydrogen) atoms. The van der Waals surface area contributed by atoms with Crippen LogP contribution >= 0.6 is 0 Å². The molecular weight excluding hydrogens is 238 g/mol. The monoisotopic (exact) mass is 255 g/mol. The Balaban J connectivity index is 2.15. The van der Waals surface area contributed by atoms with Gasteiger partial charge in [0.2, 0.25) is 0 Å². The van der Waals surface area contributed by atoms with E-state index < -0.39 is 0 Å². The molecule has 0 aliphatic carbocycles. The summed E-state index contributed by atoms with van der Waals surface area (Å²) < 4.78 is 0. The first-order valence-corrected chi connectivity index (χ1v) is 6.15. The number of nitrogens with one attached hydrogen (secondary N) is 1. The molecule has 0 fully saturated rings. The molecule has 5 heteroatoms. The summed E-state index contributed by atoms with van der Waals surface area (Å²) in [6.07, 6.45) is 5.21. The number of nitrogens with zero attached hydrogens (tertiary/aromatic N) is 3. The zero-order valence-electron chi connectivity index (χ0n) is 10.9. The Morgan fingerprint density at radius 3 is 2.53 bits per heavy atom. The third kappa shape index (κ3) is 3.28. The Bertz CT molecular complexity index is 536. The largest absolute Gasteiger partial charge is 0.384 e. The van der Waals surface area contributed by atoms with Crippen molar-refractivity contribution in [3.05, 3.63) is 54.0 Å². The van der Waals surface area contributed by atoms with Crippen LogP contribution in [0.15, 0.2) is 42.9 Å². The van der Waals surface area contributed by atoms with Crippen LogP contribution in [0.2, 0.25) is 0 Å². The Kier molecular flexibility index (Phi) is 4.07. The van der Waals surface area contributed by atoms with Crippen LogP contribution in [0.5, 0.6) is 0 Å². The van der Waals surface area contributed by atoms with E-state index in [2.05, 4.69) is 21.8 Å². The SMILES string of the molecule is CCN(Cc1ccncc1)c1ccc(C(=N)N)cn1. The molecular formula is C14H17N5. The van der Waals surface area contributed by atoms with Gasteiger partial charge in [-0.25, -0.2) is 4.98 Å². The van der Waals surface area contributed by atoms with Gasteiger partial charge < -0.3 is 10.6 Å². The maximum Gasteiger partial charge on any atom is 0.128 e. The smallest absolute Gasteiger partial charge is 0.128 e. The topological polar surface area (TPSA) is 78.9 Å². The predicted molar refractivity (Wildman–Crippen MR) is 76.2 cm³/mol. The molecule has 2 aromatic rings. The van der Waals surface area contributed by atoms with Gasteiger partial charge >= 0.3 is 0 Å². The van der Waals surface area contributed by atoms with Crippen LogP contribution in [0.3, 0.4) is 0 Å². The molecule has 0 atom stereocenters. The second-order valence-electron chi connectivity index (χ2n) is 4.19. The van der Waals surface area contributed by atoms with Gasteiger partial charge in [0.05, 0.1) is 0 Å². The molecule has 2 aromatic heterocycles. The maximum absolute atomic E-state index is 7.35. The van der Waals surface area contributed by atoms with Gasteiger partial charge in [-0.1, -0.05) is 0 Å². The average Bonchev–Trinajstić information content (AvgIpc) is 2.46. The van der Waals surface area contributed by atoms with E-state index in [0.717, 1.165) is 18.9 Å². The minimum Gasteiger partial charge on any atom is -0.384 e. The number of hydrogen-bond acceptors (Lipinski definition) is 4. The van der Waals surface area contributed by atoms with Crippen LogP contribution in [0.1, 0.15) is 18.1 Å². The van der Waals surface area contributed by atoms with Gasteiger partial charge in [-0.2, -0.15) is 0 Å². The third-order valence-corrected chi connectivity index (χ3v) is 2.89. The second-order valence-corrected chi connectivity index (χ2v) is 4.19. The standard InChI is InChI=1S/C14H17N5/c1-2-19(10-11-5-7-17-8-6-11)13-4-3-12(9-18-13)14(15)16/h3-9H,2,10H2,1H3,(H3,15,16). The third-order valence-electron chi connectivity index (χ3n) is 2.89. The number of pyridine rings is 2. The summed E-state index contributed by atoms with van der Waals surface area (Å²) in [7, 11) is 0. The lowest BCUT2D eigenvalue weighted by Gasteiger charge is -2.22. The zero-order valence-corrected chi connectivity index (χ0v) is 10.9. The first-order valence-electron chi connectivity index (χ1n) is 6.15. The van der Waals surface area contributed by atoms with Crippen LogP contribution in [-0.2, 0) is 6.54 Å². The highest BCUT2D eigenvalue weighted by atomic mass is 15.2. The van der Waals surface area contributed by atoms with E-state index >= 15 is 0 Å². The number of amidine groups is 1. The maximum atomic E-state index is 7.35. The molecule has 0 saturated carbocycles. The minimum absolute atomic E-state index is 0.0382. The van der Waals surface area contributed by atoms with E-state index in [1.54, 1.807) is 18.6 Å². The lowest BCUT2D eigenvalue weighted by atomic mass is 10.2. The molecule has 0 aromatic carbocycles. The molecule has 0 aliphatic heterocycles. The van der Waals surface area contributed by atoms with Crippen molar-refractivity contribution in [3.63, 3.8) is 0 Å². The lowest BCUT2D eigenvalue weighted by Crippen LogP contribution is -2.23. The Morgan fingerprint density at radius 1 is 1.26 bits per heavy atom. The van der Waals surface area contributed by atoms with Crippen molar-refractivity contribution in [1.82, 2.24) is 9.97 Å². The summed E-state index contributed by atoms with van der Waals surface area (Å²) in [6.45, 7) is 3.72. The van der Waals surface area contributed by atoms with Gasteiger partial charge in [0.25, 0.3) is 0 Å². The molecule has 2 rings (SSSR count). The van der Waals surface area contributed by atoms with Crippen LogP contribution in [0.25, 0.3) is 0 Å². The molecule has 0 spiro atoms. The van der Waals surface area contributed by atoms with E-state index in [4.69, 9.17) is 11.1 Å². The fourth-order valence-electron chi connectivity index (χ4n) is 1.80. The molecule has 5 nitrogen and oxygen atoms in total. The summed E-state index contributed by atoms with van der Waals surface area (Å²) in [5.74, 6) is 0.917. The predicted octanol–water partition coefficient (Wildman–Crippen LogP) is 1.79. The van der Waals surface area contributed by atoms with E-state index in [1.807, 2.05) is 24.3 Å². The van der Waals surface area contributed by atoms with Gasteiger partial charge in [-0.15, -0.1) is 0 Å². The molecule has 98 valence electrons. The fraction of sp³-hybridized carbons (Fsp3) is 0.214. The summed E-state index contributed by atoms with van der Waals surface area (Å²) in [4.78, 5) is 10.5. The number of rotatable bonds is 5. The normalized spacial score (nSPS) is 10.2. The number of anilines is 1.